The molecule has 25 heavy (non-hydrogen) atoms. The first-order valence-corrected chi connectivity index (χ1v) is 8.44. The minimum Gasteiger partial charge on any atom is -0.0991 e. The SMILES string of the molecule is C=CC=C.C=CC=C.Cc1ccc(C(C)(C)c2ccc(C)cc2)cc1. The summed E-state index contributed by atoms with van der Waals surface area (Å²) in [6, 6.07) is 17.7. The molecule has 0 saturated heterocycles. The summed E-state index contributed by atoms with van der Waals surface area (Å²) in [5.41, 5.74) is 5.43. The van der Waals surface area contributed by atoms with Crippen molar-refractivity contribution in [3.05, 3.63) is 121 Å². The quantitative estimate of drug-likeness (QED) is 0.513. The molecule has 0 spiro atoms. The first-order chi connectivity index (χ1) is 11.8. The van der Waals surface area contributed by atoms with E-state index in [1.165, 1.54) is 22.3 Å². The number of allylic oxidation sites excluding steroid dienone is 4. The highest BCUT2D eigenvalue weighted by molar-refractivity contribution is 5.39. The maximum Gasteiger partial charge on any atom is 0.0146 e. The molecular formula is C25H32. The smallest absolute Gasteiger partial charge is 0.0146 e. The van der Waals surface area contributed by atoms with Crippen LogP contribution in [-0.4, -0.2) is 0 Å². The third-order valence-electron chi connectivity index (χ3n) is 3.88. The number of rotatable bonds is 4. The second-order valence-corrected chi connectivity index (χ2v) is 6.30. The second kappa shape index (κ2) is 11.9. The molecule has 0 nitrogen and oxygen atoms in total. The van der Waals surface area contributed by atoms with E-state index < -0.39 is 0 Å². The van der Waals surface area contributed by atoms with Gasteiger partial charge in [0.25, 0.3) is 0 Å². The summed E-state index contributed by atoms with van der Waals surface area (Å²) in [5, 5.41) is 0. The number of benzene rings is 2. The highest BCUT2D eigenvalue weighted by Gasteiger charge is 2.22. The van der Waals surface area contributed by atoms with Gasteiger partial charge in [-0.05, 0) is 25.0 Å². The first-order valence-electron chi connectivity index (χ1n) is 8.44. The largest absolute Gasteiger partial charge is 0.0991 e. The van der Waals surface area contributed by atoms with Crippen molar-refractivity contribution in [2.45, 2.75) is 33.1 Å². The normalized spacial score (nSPS) is 9.44. The standard InChI is InChI=1S/C17H20.2C4H6/c1-13-5-9-15(10-6-13)17(3,4)16-11-7-14(2)8-12-16;2*1-3-4-2/h5-12H,1-4H3;2*3-4H,1-2H2. The Hall–Kier alpha value is -2.60. The lowest BCUT2D eigenvalue weighted by atomic mass is 9.78. The van der Waals surface area contributed by atoms with Crippen LogP contribution in [-0.2, 0) is 5.41 Å². The van der Waals surface area contributed by atoms with E-state index in [4.69, 9.17) is 0 Å². The van der Waals surface area contributed by atoms with E-state index in [9.17, 15) is 0 Å². The van der Waals surface area contributed by atoms with Crippen molar-refractivity contribution in [3.8, 4) is 0 Å². The van der Waals surface area contributed by atoms with Gasteiger partial charge in [-0.15, -0.1) is 0 Å². The number of hydrogen-bond donors (Lipinski definition) is 0. The molecule has 0 N–H and O–H groups in total. The third-order valence-corrected chi connectivity index (χ3v) is 3.88. The summed E-state index contributed by atoms with van der Waals surface area (Å²) in [6.45, 7) is 22.3. The second-order valence-electron chi connectivity index (χ2n) is 6.30. The molecule has 2 aromatic rings. The Bertz CT molecular complexity index is 581. The summed E-state index contributed by atoms with van der Waals surface area (Å²) >= 11 is 0. The van der Waals surface area contributed by atoms with Crippen LogP contribution >= 0.6 is 0 Å². The van der Waals surface area contributed by atoms with Crippen molar-refractivity contribution < 1.29 is 0 Å². The lowest BCUT2D eigenvalue weighted by Gasteiger charge is -2.26. The molecule has 0 aliphatic rings. The molecule has 0 amide bonds. The van der Waals surface area contributed by atoms with E-state index in [1.54, 1.807) is 24.3 Å². The molecule has 0 heterocycles. The van der Waals surface area contributed by atoms with Gasteiger partial charge in [-0.3, -0.25) is 0 Å². The highest BCUT2D eigenvalue weighted by Crippen LogP contribution is 2.31. The molecule has 0 aliphatic heterocycles. The van der Waals surface area contributed by atoms with Crippen LogP contribution in [0.5, 0.6) is 0 Å². The van der Waals surface area contributed by atoms with Crippen molar-refractivity contribution >= 4 is 0 Å². The summed E-state index contributed by atoms with van der Waals surface area (Å²) in [5.74, 6) is 0. The van der Waals surface area contributed by atoms with Crippen LogP contribution in [0.4, 0.5) is 0 Å². The maximum absolute atomic E-state index is 3.36. The predicted octanol–water partition coefficient (Wildman–Crippen LogP) is 7.35. The van der Waals surface area contributed by atoms with Gasteiger partial charge in [0.2, 0.25) is 0 Å². The summed E-state index contributed by atoms with van der Waals surface area (Å²) in [7, 11) is 0. The van der Waals surface area contributed by atoms with Gasteiger partial charge >= 0.3 is 0 Å². The van der Waals surface area contributed by atoms with Gasteiger partial charge in [-0.25, -0.2) is 0 Å². The topological polar surface area (TPSA) is 0 Å². The van der Waals surface area contributed by atoms with Crippen molar-refractivity contribution in [1.82, 2.24) is 0 Å². The van der Waals surface area contributed by atoms with E-state index in [-0.39, 0.29) is 5.41 Å². The molecule has 0 heteroatoms. The van der Waals surface area contributed by atoms with E-state index >= 15 is 0 Å². The van der Waals surface area contributed by atoms with Crippen molar-refractivity contribution in [1.29, 1.82) is 0 Å². The van der Waals surface area contributed by atoms with Gasteiger partial charge in [0.1, 0.15) is 0 Å². The van der Waals surface area contributed by atoms with Crippen LogP contribution in [0.1, 0.15) is 36.1 Å². The van der Waals surface area contributed by atoms with Crippen LogP contribution in [0.2, 0.25) is 0 Å². The monoisotopic (exact) mass is 332 g/mol. The fourth-order valence-electron chi connectivity index (χ4n) is 2.11. The Labute approximate surface area is 154 Å². The van der Waals surface area contributed by atoms with E-state index in [2.05, 4.69) is 103 Å². The van der Waals surface area contributed by atoms with Gasteiger partial charge in [-0.1, -0.05) is 124 Å². The minimum atomic E-state index is 0.0708. The number of aryl methyl sites for hydroxylation is 2. The summed E-state index contributed by atoms with van der Waals surface area (Å²) in [6.07, 6.45) is 6.56. The molecule has 0 radical (unpaired) electrons. The fourth-order valence-corrected chi connectivity index (χ4v) is 2.11. The Morgan fingerprint density at radius 2 is 0.800 bits per heavy atom. The first kappa shape index (κ1) is 22.4. The van der Waals surface area contributed by atoms with Crippen LogP contribution < -0.4 is 0 Å². The van der Waals surface area contributed by atoms with Crippen LogP contribution in [0.25, 0.3) is 0 Å². The molecule has 0 aliphatic carbocycles. The Kier molecular flexibility index (Phi) is 10.6. The van der Waals surface area contributed by atoms with E-state index in [0.717, 1.165) is 0 Å². The van der Waals surface area contributed by atoms with Gasteiger partial charge in [0, 0.05) is 5.41 Å². The van der Waals surface area contributed by atoms with Crippen molar-refractivity contribution in [2.24, 2.45) is 0 Å². The van der Waals surface area contributed by atoms with Gasteiger partial charge in [0.05, 0.1) is 0 Å². The third kappa shape index (κ3) is 8.17. The molecular weight excluding hydrogens is 300 g/mol. The van der Waals surface area contributed by atoms with Crippen molar-refractivity contribution in [3.63, 3.8) is 0 Å². The van der Waals surface area contributed by atoms with Gasteiger partial charge in [0.15, 0.2) is 0 Å². The van der Waals surface area contributed by atoms with Crippen LogP contribution in [0.15, 0.2) is 99.2 Å². The molecule has 0 fully saturated rings. The molecule has 0 unspecified atom stereocenters. The Morgan fingerprint density at radius 1 is 0.560 bits per heavy atom. The van der Waals surface area contributed by atoms with Gasteiger partial charge in [-0.2, -0.15) is 0 Å². The molecule has 0 saturated carbocycles. The van der Waals surface area contributed by atoms with Gasteiger partial charge < -0.3 is 0 Å². The molecule has 0 atom stereocenters. The Morgan fingerprint density at radius 3 is 1.00 bits per heavy atom. The van der Waals surface area contributed by atoms with E-state index in [0.29, 0.717) is 0 Å². The average molecular weight is 333 g/mol. The maximum atomic E-state index is 3.36. The summed E-state index contributed by atoms with van der Waals surface area (Å²) in [4.78, 5) is 0. The summed E-state index contributed by atoms with van der Waals surface area (Å²) < 4.78 is 0. The van der Waals surface area contributed by atoms with Crippen molar-refractivity contribution in [2.75, 3.05) is 0 Å². The van der Waals surface area contributed by atoms with E-state index in [1.807, 2.05) is 0 Å². The Balaban J connectivity index is 0.000000609. The minimum absolute atomic E-state index is 0.0708. The predicted molar refractivity (Wildman–Crippen MR) is 115 cm³/mol. The molecule has 0 aromatic heterocycles. The zero-order valence-corrected chi connectivity index (χ0v) is 16.3. The highest BCUT2D eigenvalue weighted by atomic mass is 14.3. The zero-order valence-electron chi connectivity index (χ0n) is 16.3. The molecule has 2 aromatic carbocycles. The van der Waals surface area contributed by atoms with Crippen LogP contribution in [0.3, 0.4) is 0 Å². The molecule has 0 bridgehead atoms. The van der Waals surface area contributed by atoms with Crippen LogP contribution in [0, 0.1) is 13.8 Å². The zero-order chi connectivity index (χ0) is 19.3. The lowest BCUT2D eigenvalue weighted by Crippen LogP contribution is -2.18. The number of hydrogen-bond acceptors (Lipinski definition) is 0. The molecule has 132 valence electrons. The average Bonchev–Trinajstić information content (AvgIpc) is 2.63. The fraction of sp³-hybridized carbons (Fsp3) is 0.200. The molecule has 2 rings (SSSR count). The lowest BCUT2D eigenvalue weighted by molar-refractivity contribution is 0.640.